The molecule has 2 nitrogen and oxygen atoms in total. The molecule has 0 spiro atoms. The normalized spacial score (nSPS) is 15.4. The van der Waals surface area contributed by atoms with Crippen LogP contribution >= 0.6 is 23.2 Å². The van der Waals surface area contributed by atoms with E-state index in [9.17, 15) is 0 Å². The SMILES string of the molecule is Clc1cccc(Cl)c1-c1c[c]cc(N2CCOCC2)c1. The first-order valence-electron chi connectivity index (χ1n) is 6.54. The molecule has 0 saturated carbocycles. The van der Waals surface area contributed by atoms with Gasteiger partial charge in [0.15, 0.2) is 0 Å². The summed E-state index contributed by atoms with van der Waals surface area (Å²) in [6.07, 6.45) is 0. The minimum Gasteiger partial charge on any atom is -0.378 e. The maximum Gasteiger partial charge on any atom is 0.0642 e. The Morgan fingerprint density at radius 1 is 1.05 bits per heavy atom. The zero-order valence-corrected chi connectivity index (χ0v) is 12.4. The molecular formula is C16H14Cl2NO. The summed E-state index contributed by atoms with van der Waals surface area (Å²) in [5.41, 5.74) is 2.98. The molecule has 0 aliphatic carbocycles. The Morgan fingerprint density at radius 2 is 1.75 bits per heavy atom. The van der Waals surface area contributed by atoms with Crippen molar-refractivity contribution in [3.8, 4) is 11.1 Å². The van der Waals surface area contributed by atoms with E-state index in [4.69, 9.17) is 27.9 Å². The van der Waals surface area contributed by atoms with Crippen LogP contribution in [0, 0.1) is 6.07 Å². The van der Waals surface area contributed by atoms with Crippen LogP contribution in [0.5, 0.6) is 0 Å². The number of anilines is 1. The van der Waals surface area contributed by atoms with E-state index in [-0.39, 0.29) is 0 Å². The van der Waals surface area contributed by atoms with Gasteiger partial charge >= 0.3 is 0 Å². The standard InChI is InChI=1S/C16H14Cl2NO/c17-14-5-2-6-15(18)16(14)12-3-1-4-13(11-12)19-7-9-20-10-8-19/h2-6,11H,7-10H2. The molecule has 0 atom stereocenters. The third-order valence-corrected chi connectivity index (χ3v) is 4.03. The molecule has 0 amide bonds. The van der Waals surface area contributed by atoms with E-state index in [1.165, 1.54) is 0 Å². The third kappa shape index (κ3) is 2.78. The summed E-state index contributed by atoms with van der Waals surface area (Å²) in [6.45, 7) is 3.31. The monoisotopic (exact) mass is 306 g/mol. The molecule has 0 N–H and O–H groups in total. The van der Waals surface area contributed by atoms with Crippen LogP contribution in [-0.4, -0.2) is 26.3 Å². The smallest absolute Gasteiger partial charge is 0.0642 e. The number of hydrogen-bond acceptors (Lipinski definition) is 2. The van der Waals surface area contributed by atoms with E-state index in [0.29, 0.717) is 10.0 Å². The third-order valence-electron chi connectivity index (χ3n) is 3.40. The molecule has 1 aliphatic rings. The molecule has 0 bridgehead atoms. The van der Waals surface area contributed by atoms with E-state index < -0.39 is 0 Å². The Morgan fingerprint density at radius 3 is 2.45 bits per heavy atom. The molecule has 0 aromatic heterocycles. The Hall–Kier alpha value is -1.22. The van der Waals surface area contributed by atoms with E-state index in [1.807, 2.05) is 30.3 Å². The number of benzene rings is 2. The summed E-state index contributed by atoms with van der Waals surface area (Å²) in [6, 6.07) is 14.7. The van der Waals surface area contributed by atoms with Crippen molar-refractivity contribution in [1.29, 1.82) is 0 Å². The number of nitrogens with zero attached hydrogens (tertiary/aromatic N) is 1. The highest BCUT2D eigenvalue weighted by atomic mass is 35.5. The maximum atomic E-state index is 6.27. The second-order valence-electron chi connectivity index (χ2n) is 4.68. The average Bonchev–Trinajstić information content (AvgIpc) is 2.48. The predicted molar refractivity (Wildman–Crippen MR) is 83.8 cm³/mol. The number of hydrogen-bond donors (Lipinski definition) is 0. The molecule has 1 radical (unpaired) electrons. The van der Waals surface area contributed by atoms with Crippen molar-refractivity contribution < 1.29 is 4.74 Å². The van der Waals surface area contributed by atoms with Crippen molar-refractivity contribution in [2.75, 3.05) is 31.2 Å². The van der Waals surface area contributed by atoms with Crippen LogP contribution in [0.25, 0.3) is 11.1 Å². The molecule has 1 heterocycles. The van der Waals surface area contributed by atoms with Crippen molar-refractivity contribution in [2.45, 2.75) is 0 Å². The fourth-order valence-electron chi connectivity index (χ4n) is 2.38. The predicted octanol–water partition coefficient (Wildman–Crippen LogP) is 4.30. The van der Waals surface area contributed by atoms with Gasteiger partial charge in [-0.1, -0.05) is 29.3 Å². The van der Waals surface area contributed by atoms with Crippen molar-refractivity contribution in [2.24, 2.45) is 0 Å². The van der Waals surface area contributed by atoms with Gasteiger partial charge in [0.2, 0.25) is 0 Å². The van der Waals surface area contributed by atoms with Gasteiger partial charge in [0.05, 0.1) is 13.2 Å². The summed E-state index contributed by atoms with van der Waals surface area (Å²) in [5.74, 6) is 0. The van der Waals surface area contributed by atoms with Crippen molar-refractivity contribution in [3.63, 3.8) is 0 Å². The van der Waals surface area contributed by atoms with Crippen molar-refractivity contribution in [1.82, 2.24) is 0 Å². The van der Waals surface area contributed by atoms with Crippen LogP contribution in [0.3, 0.4) is 0 Å². The topological polar surface area (TPSA) is 12.5 Å². The first kappa shape index (κ1) is 13.7. The molecule has 4 heteroatoms. The Labute approximate surface area is 128 Å². The highest BCUT2D eigenvalue weighted by Gasteiger charge is 2.13. The second-order valence-corrected chi connectivity index (χ2v) is 5.49. The molecule has 1 aliphatic heterocycles. The molecule has 103 valence electrons. The van der Waals surface area contributed by atoms with Gasteiger partial charge in [0.1, 0.15) is 0 Å². The summed E-state index contributed by atoms with van der Waals surface area (Å²) in [4.78, 5) is 2.29. The molecule has 2 aromatic rings. The van der Waals surface area contributed by atoms with Gasteiger partial charge in [-0.05, 0) is 42.0 Å². The lowest BCUT2D eigenvalue weighted by Gasteiger charge is -2.29. The first-order valence-corrected chi connectivity index (χ1v) is 7.29. The number of rotatable bonds is 2. The lowest BCUT2D eigenvalue weighted by atomic mass is 10.0. The highest BCUT2D eigenvalue weighted by Crippen LogP contribution is 2.35. The quantitative estimate of drug-likeness (QED) is 0.820. The van der Waals surface area contributed by atoms with E-state index in [0.717, 1.165) is 43.1 Å². The van der Waals surface area contributed by atoms with Gasteiger partial charge in [-0.2, -0.15) is 0 Å². The van der Waals surface area contributed by atoms with Crippen LogP contribution in [-0.2, 0) is 4.74 Å². The molecular weight excluding hydrogens is 293 g/mol. The second kappa shape index (κ2) is 6.04. The van der Waals surface area contributed by atoms with Crippen LogP contribution in [0.4, 0.5) is 5.69 Å². The summed E-state index contributed by atoms with van der Waals surface area (Å²) in [5, 5.41) is 1.31. The van der Waals surface area contributed by atoms with Gasteiger partial charge in [0.25, 0.3) is 0 Å². The van der Waals surface area contributed by atoms with Gasteiger partial charge in [-0.15, -0.1) is 0 Å². The van der Waals surface area contributed by atoms with Crippen LogP contribution in [0.2, 0.25) is 10.0 Å². The zero-order valence-electron chi connectivity index (χ0n) is 10.9. The van der Waals surface area contributed by atoms with Crippen molar-refractivity contribution >= 4 is 28.9 Å². The number of morpholine rings is 1. The molecule has 2 aromatic carbocycles. The van der Waals surface area contributed by atoms with E-state index >= 15 is 0 Å². The molecule has 1 saturated heterocycles. The minimum absolute atomic E-state index is 0.657. The molecule has 20 heavy (non-hydrogen) atoms. The Balaban J connectivity index is 1.98. The van der Waals surface area contributed by atoms with E-state index in [1.54, 1.807) is 0 Å². The summed E-state index contributed by atoms with van der Waals surface area (Å²) < 4.78 is 5.38. The lowest BCUT2D eigenvalue weighted by Crippen LogP contribution is -2.36. The van der Waals surface area contributed by atoms with Gasteiger partial charge in [-0.25, -0.2) is 0 Å². The van der Waals surface area contributed by atoms with Gasteiger partial charge in [0, 0.05) is 34.4 Å². The molecule has 0 unspecified atom stereocenters. The summed E-state index contributed by atoms with van der Waals surface area (Å²) in [7, 11) is 0. The van der Waals surface area contributed by atoms with Gasteiger partial charge < -0.3 is 9.64 Å². The van der Waals surface area contributed by atoms with Crippen LogP contribution < -0.4 is 4.90 Å². The number of ether oxygens (including phenoxy) is 1. The minimum atomic E-state index is 0.657. The maximum absolute atomic E-state index is 6.27. The largest absolute Gasteiger partial charge is 0.378 e. The molecule has 1 fully saturated rings. The van der Waals surface area contributed by atoms with Crippen LogP contribution in [0.1, 0.15) is 0 Å². The molecule has 3 rings (SSSR count). The van der Waals surface area contributed by atoms with E-state index in [2.05, 4.69) is 17.0 Å². The zero-order chi connectivity index (χ0) is 13.9. The van der Waals surface area contributed by atoms with Gasteiger partial charge in [-0.3, -0.25) is 0 Å². The summed E-state index contributed by atoms with van der Waals surface area (Å²) >= 11 is 12.5. The fraction of sp³-hybridized carbons (Fsp3) is 0.250. The lowest BCUT2D eigenvalue weighted by molar-refractivity contribution is 0.122. The highest BCUT2D eigenvalue weighted by molar-refractivity contribution is 6.39. The Kier molecular flexibility index (Phi) is 4.16. The van der Waals surface area contributed by atoms with Crippen LogP contribution in [0.15, 0.2) is 36.4 Å². The first-order chi connectivity index (χ1) is 9.75. The fourth-order valence-corrected chi connectivity index (χ4v) is 3.00. The Bertz CT molecular complexity index is 589. The number of halogens is 2. The average molecular weight is 307 g/mol. The van der Waals surface area contributed by atoms with Crippen molar-refractivity contribution in [3.05, 3.63) is 52.5 Å².